The van der Waals surface area contributed by atoms with Gasteiger partial charge in [0.2, 0.25) is 5.76 Å². The number of hydrogen-bond donors (Lipinski definition) is 1. The third-order valence-electron chi connectivity index (χ3n) is 3.15. The van der Waals surface area contributed by atoms with Crippen LogP contribution >= 0.6 is 0 Å². The van der Waals surface area contributed by atoms with E-state index in [4.69, 9.17) is 4.42 Å². The Labute approximate surface area is 120 Å². The van der Waals surface area contributed by atoms with E-state index >= 15 is 0 Å². The molecular formula is C15H15F2NO3. The minimum absolute atomic E-state index is 0.0411. The predicted octanol–water partition coefficient (Wildman–Crippen LogP) is 3.20. The number of ether oxygens (including phenoxy) is 1. The van der Waals surface area contributed by atoms with Gasteiger partial charge in [0.1, 0.15) is 11.6 Å². The van der Waals surface area contributed by atoms with Crippen molar-refractivity contribution in [1.29, 1.82) is 0 Å². The molecule has 1 aromatic carbocycles. The Morgan fingerprint density at radius 1 is 1.33 bits per heavy atom. The lowest BCUT2D eigenvalue weighted by atomic mass is 10.1. The zero-order valence-electron chi connectivity index (χ0n) is 11.7. The zero-order valence-corrected chi connectivity index (χ0v) is 11.7. The van der Waals surface area contributed by atoms with Crippen molar-refractivity contribution in [3.05, 3.63) is 59.1 Å². The van der Waals surface area contributed by atoms with E-state index in [0.717, 1.165) is 0 Å². The molecule has 2 aromatic rings. The fourth-order valence-electron chi connectivity index (χ4n) is 2.04. The van der Waals surface area contributed by atoms with Gasteiger partial charge in [-0.25, -0.2) is 13.6 Å². The lowest BCUT2D eigenvalue weighted by Gasteiger charge is -2.15. The van der Waals surface area contributed by atoms with Crippen molar-refractivity contribution in [2.75, 3.05) is 7.11 Å². The SMILES string of the molecule is COC(=O)c1occc1CNC(C)c1c(F)cccc1F. The predicted molar refractivity (Wildman–Crippen MR) is 71.7 cm³/mol. The van der Waals surface area contributed by atoms with Gasteiger partial charge in [0.05, 0.1) is 13.4 Å². The summed E-state index contributed by atoms with van der Waals surface area (Å²) in [7, 11) is 1.25. The van der Waals surface area contributed by atoms with Crippen LogP contribution in [0.25, 0.3) is 0 Å². The number of nitrogens with one attached hydrogen (secondary N) is 1. The molecule has 2 rings (SSSR count). The highest BCUT2D eigenvalue weighted by Gasteiger charge is 2.19. The summed E-state index contributed by atoms with van der Waals surface area (Å²) in [6, 6.07) is 4.75. The van der Waals surface area contributed by atoms with Crippen LogP contribution in [0.2, 0.25) is 0 Å². The topological polar surface area (TPSA) is 51.5 Å². The van der Waals surface area contributed by atoms with Crippen LogP contribution in [0.3, 0.4) is 0 Å². The van der Waals surface area contributed by atoms with Gasteiger partial charge in [-0.1, -0.05) is 6.07 Å². The van der Waals surface area contributed by atoms with Crippen LogP contribution < -0.4 is 5.32 Å². The maximum absolute atomic E-state index is 13.7. The van der Waals surface area contributed by atoms with E-state index in [1.54, 1.807) is 13.0 Å². The number of hydrogen-bond acceptors (Lipinski definition) is 4. The number of methoxy groups -OCH3 is 1. The fraction of sp³-hybridized carbons (Fsp3) is 0.267. The highest BCUT2D eigenvalue weighted by Crippen LogP contribution is 2.21. The quantitative estimate of drug-likeness (QED) is 0.861. The van der Waals surface area contributed by atoms with Crippen LogP contribution in [-0.4, -0.2) is 13.1 Å². The summed E-state index contributed by atoms with van der Waals surface area (Å²) in [6.07, 6.45) is 1.36. The second-order valence-corrected chi connectivity index (χ2v) is 4.50. The Bertz CT molecular complexity index is 619. The minimum Gasteiger partial charge on any atom is -0.463 e. The molecule has 0 aliphatic carbocycles. The molecule has 1 unspecified atom stereocenters. The van der Waals surface area contributed by atoms with Crippen LogP contribution in [0.15, 0.2) is 34.9 Å². The van der Waals surface area contributed by atoms with Gasteiger partial charge in [0, 0.05) is 23.7 Å². The molecule has 0 fully saturated rings. The average Bonchev–Trinajstić information content (AvgIpc) is 2.92. The molecule has 1 atom stereocenters. The summed E-state index contributed by atoms with van der Waals surface area (Å²) >= 11 is 0. The molecule has 1 heterocycles. The maximum Gasteiger partial charge on any atom is 0.374 e. The van der Waals surface area contributed by atoms with Crippen LogP contribution in [-0.2, 0) is 11.3 Å². The normalized spacial score (nSPS) is 12.2. The van der Waals surface area contributed by atoms with Gasteiger partial charge in [-0.05, 0) is 25.1 Å². The van der Waals surface area contributed by atoms with E-state index in [1.807, 2.05) is 0 Å². The van der Waals surface area contributed by atoms with E-state index in [9.17, 15) is 13.6 Å². The largest absolute Gasteiger partial charge is 0.463 e. The molecule has 4 nitrogen and oxygen atoms in total. The Balaban J connectivity index is 2.10. The smallest absolute Gasteiger partial charge is 0.374 e. The number of rotatable bonds is 5. The van der Waals surface area contributed by atoms with Crippen molar-refractivity contribution in [1.82, 2.24) is 5.32 Å². The summed E-state index contributed by atoms with van der Waals surface area (Å²) in [5.41, 5.74) is 0.520. The summed E-state index contributed by atoms with van der Waals surface area (Å²) < 4.78 is 36.9. The first-order chi connectivity index (χ1) is 10.0. The van der Waals surface area contributed by atoms with Gasteiger partial charge >= 0.3 is 5.97 Å². The van der Waals surface area contributed by atoms with Gasteiger partial charge in [0.25, 0.3) is 0 Å². The van der Waals surface area contributed by atoms with Crippen molar-refractivity contribution in [3.8, 4) is 0 Å². The molecule has 0 saturated heterocycles. The second kappa shape index (κ2) is 6.49. The van der Waals surface area contributed by atoms with Crippen LogP contribution in [0.4, 0.5) is 8.78 Å². The summed E-state index contributed by atoms with van der Waals surface area (Å²) in [6.45, 7) is 1.86. The van der Waals surface area contributed by atoms with E-state index < -0.39 is 23.6 Å². The molecule has 1 N–H and O–H groups in total. The molecule has 0 amide bonds. The lowest BCUT2D eigenvalue weighted by molar-refractivity contribution is 0.0563. The first-order valence-corrected chi connectivity index (χ1v) is 6.36. The second-order valence-electron chi connectivity index (χ2n) is 4.50. The Morgan fingerprint density at radius 3 is 2.62 bits per heavy atom. The summed E-state index contributed by atoms with van der Waals surface area (Å²) in [4.78, 5) is 11.5. The number of benzene rings is 1. The maximum atomic E-state index is 13.7. The summed E-state index contributed by atoms with van der Waals surface area (Å²) in [5.74, 6) is -1.75. The van der Waals surface area contributed by atoms with Crippen molar-refractivity contribution in [2.45, 2.75) is 19.5 Å². The Hall–Kier alpha value is -2.21. The molecule has 6 heteroatoms. The first-order valence-electron chi connectivity index (χ1n) is 6.36. The number of furan rings is 1. The van der Waals surface area contributed by atoms with Gasteiger partial charge in [0.15, 0.2) is 0 Å². The Kier molecular flexibility index (Phi) is 4.70. The van der Waals surface area contributed by atoms with E-state index in [1.165, 1.54) is 31.6 Å². The molecule has 0 bridgehead atoms. The third-order valence-corrected chi connectivity index (χ3v) is 3.15. The monoisotopic (exact) mass is 295 g/mol. The highest BCUT2D eigenvalue weighted by atomic mass is 19.1. The highest BCUT2D eigenvalue weighted by molar-refractivity contribution is 5.87. The molecule has 0 aliphatic rings. The average molecular weight is 295 g/mol. The molecule has 1 aromatic heterocycles. The molecule has 112 valence electrons. The number of esters is 1. The van der Waals surface area contributed by atoms with E-state index in [0.29, 0.717) is 5.56 Å². The lowest BCUT2D eigenvalue weighted by Crippen LogP contribution is -2.21. The van der Waals surface area contributed by atoms with Crippen molar-refractivity contribution in [2.24, 2.45) is 0 Å². The standard InChI is InChI=1S/C15H15F2NO3/c1-9(13-11(16)4-3-5-12(13)17)18-8-10-6-7-21-14(10)15(19)20-2/h3-7,9,18H,8H2,1-2H3. The van der Waals surface area contributed by atoms with Crippen LogP contribution in [0.5, 0.6) is 0 Å². The fourth-order valence-corrected chi connectivity index (χ4v) is 2.04. The zero-order chi connectivity index (χ0) is 15.4. The van der Waals surface area contributed by atoms with E-state index in [-0.39, 0.29) is 17.9 Å². The first kappa shape index (κ1) is 15.2. The molecule has 21 heavy (non-hydrogen) atoms. The minimum atomic E-state index is -0.615. The molecule has 0 aliphatic heterocycles. The van der Waals surface area contributed by atoms with Crippen LogP contribution in [0.1, 0.15) is 34.6 Å². The van der Waals surface area contributed by atoms with Crippen molar-refractivity contribution >= 4 is 5.97 Å². The van der Waals surface area contributed by atoms with Crippen LogP contribution in [0, 0.1) is 11.6 Å². The molecular weight excluding hydrogens is 280 g/mol. The van der Waals surface area contributed by atoms with E-state index in [2.05, 4.69) is 10.1 Å². The number of carbonyl (C=O) groups excluding carboxylic acids is 1. The summed E-state index contributed by atoms with van der Waals surface area (Å²) in [5, 5.41) is 2.95. The Morgan fingerprint density at radius 2 is 2.00 bits per heavy atom. The van der Waals surface area contributed by atoms with Crippen molar-refractivity contribution < 1.29 is 22.7 Å². The number of halogens is 2. The number of carbonyl (C=O) groups is 1. The molecule has 0 spiro atoms. The van der Waals surface area contributed by atoms with Gasteiger partial charge in [-0.2, -0.15) is 0 Å². The van der Waals surface area contributed by atoms with Crippen molar-refractivity contribution in [3.63, 3.8) is 0 Å². The molecule has 0 radical (unpaired) electrons. The third kappa shape index (κ3) is 3.28. The van der Waals surface area contributed by atoms with Gasteiger partial charge in [-0.15, -0.1) is 0 Å². The van der Waals surface area contributed by atoms with Gasteiger partial charge < -0.3 is 14.5 Å². The molecule has 0 saturated carbocycles. The van der Waals surface area contributed by atoms with Gasteiger partial charge in [-0.3, -0.25) is 0 Å².